The fraction of sp³-hybridized carbons (Fsp3) is 0.353. The minimum absolute atomic E-state index is 0.162. The lowest BCUT2D eigenvalue weighted by atomic mass is 9.96. The van der Waals surface area contributed by atoms with Crippen molar-refractivity contribution >= 4 is 17.0 Å². The van der Waals surface area contributed by atoms with Gasteiger partial charge in [0.2, 0.25) is 0 Å². The van der Waals surface area contributed by atoms with Crippen LogP contribution >= 0.6 is 11.3 Å². The molecule has 0 radical (unpaired) electrons. The number of anilines is 1. The Hall–Kier alpha value is -1.86. The third kappa shape index (κ3) is 3.08. The molecule has 1 aromatic carbocycles. The van der Waals surface area contributed by atoms with Crippen LogP contribution in [0.5, 0.6) is 0 Å². The highest BCUT2D eigenvalue weighted by Gasteiger charge is 2.27. The van der Waals surface area contributed by atoms with Crippen LogP contribution in [0.1, 0.15) is 42.2 Å². The molecule has 1 fully saturated rings. The summed E-state index contributed by atoms with van der Waals surface area (Å²) >= 11 is 1.71. The molecule has 1 unspecified atom stereocenters. The summed E-state index contributed by atoms with van der Waals surface area (Å²) in [6.07, 6.45) is 4.88. The standard InChI is InChI=1S/C17H17FN2S/c18-14-10-12(11-19)7-8-15(14)20-17(13-4-1-2-5-13)16-6-3-9-21-16/h3,6-10,13,17,20H,1-2,4-5H2. The molecule has 1 heterocycles. The lowest BCUT2D eigenvalue weighted by Gasteiger charge is -2.25. The molecule has 2 aromatic rings. The van der Waals surface area contributed by atoms with Gasteiger partial charge in [0.15, 0.2) is 0 Å². The normalized spacial score (nSPS) is 16.6. The van der Waals surface area contributed by atoms with Gasteiger partial charge in [-0.3, -0.25) is 0 Å². The minimum atomic E-state index is -0.353. The second kappa shape index (κ2) is 6.28. The molecule has 0 aliphatic heterocycles. The van der Waals surface area contributed by atoms with Gasteiger partial charge in [0, 0.05) is 4.88 Å². The molecular formula is C17H17FN2S. The van der Waals surface area contributed by atoms with Crippen molar-refractivity contribution < 1.29 is 4.39 Å². The number of halogens is 1. The first-order chi connectivity index (χ1) is 10.3. The monoisotopic (exact) mass is 300 g/mol. The fourth-order valence-corrected chi connectivity index (χ4v) is 3.92. The Kier molecular flexibility index (Phi) is 4.21. The van der Waals surface area contributed by atoms with E-state index in [2.05, 4.69) is 16.8 Å². The van der Waals surface area contributed by atoms with E-state index in [-0.39, 0.29) is 11.9 Å². The van der Waals surface area contributed by atoms with E-state index in [1.165, 1.54) is 36.6 Å². The second-order valence-corrected chi connectivity index (χ2v) is 6.47. The van der Waals surface area contributed by atoms with Gasteiger partial charge >= 0.3 is 0 Å². The molecule has 1 N–H and O–H groups in total. The van der Waals surface area contributed by atoms with Crippen LogP contribution in [-0.2, 0) is 0 Å². The summed E-state index contributed by atoms with van der Waals surface area (Å²) < 4.78 is 14.1. The van der Waals surface area contributed by atoms with Gasteiger partial charge in [-0.15, -0.1) is 11.3 Å². The van der Waals surface area contributed by atoms with E-state index in [9.17, 15) is 4.39 Å². The maximum Gasteiger partial charge on any atom is 0.147 e. The minimum Gasteiger partial charge on any atom is -0.375 e. The molecule has 0 bridgehead atoms. The Bertz CT molecular complexity index is 639. The van der Waals surface area contributed by atoms with Gasteiger partial charge in [0.05, 0.1) is 23.4 Å². The van der Waals surface area contributed by atoms with Crippen LogP contribution in [0.2, 0.25) is 0 Å². The molecular weight excluding hydrogens is 283 g/mol. The van der Waals surface area contributed by atoms with Crippen molar-refractivity contribution in [1.82, 2.24) is 0 Å². The van der Waals surface area contributed by atoms with E-state index in [1.54, 1.807) is 23.5 Å². The molecule has 2 nitrogen and oxygen atoms in total. The van der Waals surface area contributed by atoms with E-state index < -0.39 is 0 Å². The summed E-state index contributed by atoms with van der Waals surface area (Å²) in [6, 6.07) is 10.9. The SMILES string of the molecule is N#Cc1ccc(NC(c2cccs2)C2CCCC2)c(F)c1. The zero-order chi connectivity index (χ0) is 14.7. The van der Waals surface area contributed by atoms with Crippen LogP contribution in [0, 0.1) is 23.1 Å². The third-order valence-corrected chi connectivity index (χ3v) is 5.09. The predicted octanol–water partition coefficient (Wildman–Crippen LogP) is 5.10. The van der Waals surface area contributed by atoms with Crippen LogP contribution in [0.4, 0.5) is 10.1 Å². The molecule has 1 aliphatic rings. The van der Waals surface area contributed by atoms with Gasteiger partial charge in [-0.25, -0.2) is 4.39 Å². The number of hydrogen-bond acceptors (Lipinski definition) is 3. The summed E-state index contributed by atoms with van der Waals surface area (Å²) in [4.78, 5) is 1.26. The molecule has 0 spiro atoms. The summed E-state index contributed by atoms with van der Waals surface area (Å²) in [5, 5.41) is 14.3. The number of rotatable bonds is 4. The van der Waals surface area contributed by atoms with Crippen molar-refractivity contribution in [3.8, 4) is 6.07 Å². The van der Waals surface area contributed by atoms with Crippen molar-refractivity contribution in [3.63, 3.8) is 0 Å². The molecule has 1 aromatic heterocycles. The molecule has 4 heteroatoms. The van der Waals surface area contributed by atoms with Crippen molar-refractivity contribution in [1.29, 1.82) is 5.26 Å². The first-order valence-corrected chi connectivity index (χ1v) is 8.15. The van der Waals surface area contributed by atoms with Gasteiger partial charge < -0.3 is 5.32 Å². The average molecular weight is 300 g/mol. The Balaban J connectivity index is 1.86. The van der Waals surface area contributed by atoms with Gasteiger partial charge in [-0.2, -0.15) is 5.26 Å². The summed E-state index contributed by atoms with van der Waals surface area (Å²) in [5.74, 6) is 0.201. The van der Waals surface area contributed by atoms with Crippen LogP contribution in [0.3, 0.4) is 0 Å². The quantitative estimate of drug-likeness (QED) is 0.852. The number of thiophene rings is 1. The van der Waals surface area contributed by atoms with Gasteiger partial charge in [-0.1, -0.05) is 18.9 Å². The first-order valence-electron chi connectivity index (χ1n) is 7.27. The summed E-state index contributed by atoms with van der Waals surface area (Å²) in [5.41, 5.74) is 0.839. The van der Waals surface area contributed by atoms with Crippen LogP contribution in [0.15, 0.2) is 35.7 Å². The van der Waals surface area contributed by atoms with Crippen LogP contribution in [0.25, 0.3) is 0 Å². The lowest BCUT2D eigenvalue weighted by Crippen LogP contribution is -2.18. The van der Waals surface area contributed by atoms with E-state index >= 15 is 0 Å². The van der Waals surface area contributed by atoms with Crippen LogP contribution < -0.4 is 5.32 Å². The fourth-order valence-electron chi connectivity index (χ4n) is 3.05. The molecule has 0 saturated heterocycles. The topological polar surface area (TPSA) is 35.8 Å². The predicted molar refractivity (Wildman–Crippen MR) is 83.8 cm³/mol. The Morgan fingerprint density at radius 2 is 2.10 bits per heavy atom. The highest BCUT2D eigenvalue weighted by atomic mass is 32.1. The Labute approximate surface area is 128 Å². The van der Waals surface area contributed by atoms with Crippen molar-refractivity contribution in [2.75, 3.05) is 5.32 Å². The number of hydrogen-bond donors (Lipinski definition) is 1. The Morgan fingerprint density at radius 3 is 2.71 bits per heavy atom. The highest BCUT2D eigenvalue weighted by molar-refractivity contribution is 7.10. The maximum atomic E-state index is 14.1. The maximum absolute atomic E-state index is 14.1. The number of nitrogens with one attached hydrogen (secondary N) is 1. The molecule has 1 saturated carbocycles. The first kappa shape index (κ1) is 14.1. The zero-order valence-corrected chi connectivity index (χ0v) is 12.5. The number of nitriles is 1. The molecule has 1 aliphatic carbocycles. The Morgan fingerprint density at radius 1 is 1.29 bits per heavy atom. The second-order valence-electron chi connectivity index (χ2n) is 5.49. The third-order valence-electron chi connectivity index (χ3n) is 4.13. The molecule has 1 atom stereocenters. The zero-order valence-electron chi connectivity index (χ0n) is 11.7. The van der Waals surface area contributed by atoms with Gasteiger partial charge in [0.1, 0.15) is 5.82 Å². The van der Waals surface area contributed by atoms with E-state index in [1.807, 2.05) is 12.1 Å². The van der Waals surface area contributed by atoms with E-state index in [4.69, 9.17) is 5.26 Å². The van der Waals surface area contributed by atoms with Crippen LogP contribution in [-0.4, -0.2) is 0 Å². The van der Waals surface area contributed by atoms with E-state index in [0.29, 0.717) is 17.2 Å². The van der Waals surface area contributed by atoms with E-state index in [0.717, 1.165) is 0 Å². The lowest BCUT2D eigenvalue weighted by molar-refractivity contribution is 0.473. The van der Waals surface area contributed by atoms with Crippen molar-refractivity contribution in [2.45, 2.75) is 31.7 Å². The average Bonchev–Trinajstić information content (AvgIpc) is 3.19. The highest BCUT2D eigenvalue weighted by Crippen LogP contribution is 2.39. The molecule has 3 rings (SSSR count). The number of benzene rings is 1. The van der Waals surface area contributed by atoms with Crippen molar-refractivity contribution in [3.05, 3.63) is 52.0 Å². The van der Waals surface area contributed by atoms with Crippen molar-refractivity contribution in [2.24, 2.45) is 5.92 Å². The van der Waals surface area contributed by atoms with Gasteiger partial charge in [0.25, 0.3) is 0 Å². The summed E-state index contributed by atoms with van der Waals surface area (Å²) in [6.45, 7) is 0. The smallest absolute Gasteiger partial charge is 0.147 e. The number of nitrogens with zero attached hydrogens (tertiary/aromatic N) is 1. The van der Waals surface area contributed by atoms with Gasteiger partial charge in [-0.05, 0) is 48.4 Å². The molecule has 108 valence electrons. The molecule has 21 heavy (non-hydrogen) atoms. The summed E-state index contributed by atoms with van der Waals surface area (Å²) in [7, 11) is 0. The molecule has 0 amide bonds. The largest absolute Gasteiger partial charge is 0.375 e.